The van der Waals surface area contributed by atoms with Gasteiger partial charge in [0.1, 0.15) is 0 Å². The molecule has 1 aromatic heterocycles. The molecule has 0 fully saturated rings. The van der Waals surface area contributed by atoms with Gasteiger partial charge in [0, 0.05) is 16.5 Å². The maximum Gasteiger partial charge on any atom is 0.179 e. The highest BCUT2D eigenvalue weighted by Gasteiger charge is 2.41. The van der Waals surface area contributed by atoms with Crippen LogP contribution in [0.4, 0.5) is 0 Å². The maximum atomic E-state index is 10.4. The number of nitrogens with zero attached hydrogens (tertiary/aromatic N) is 3. The molecule has 3 nitrogen and oxygen atoms in total. The fourth-order valence-corrected chi connectivity index (χ4v) is 12.1. The number of benzene rings is 7. The highest BCUT2D eigenvalue weighted by molar-refractivity contribution is 7.19. The topological polar surface area (TPSA) is 52.5 Å². The number of para-hydroxylation sites is 1. The smallest absolute Gasteiger partial charge is 0.179 e. The first-order valence-corrected chi connectivity index (χ1v) is 18.0. The first-order valence-electron chi connectivity index (χ1n) is 16.0. The largest absolute Gasteiger partial charge is 0.309 e. The van der Waals surface area contributed by atoms with Crippen molar-refractivity contribution in [2.24, 2.45) is 0 Å². The normalized spacial score (nSPS) is 11.3. The minimum Gasteiger partial charge on any atom is -0.309 e. The number of rotatable bonds is 6. The van der Waals surface area contributed by atoms with Gasteiger partial charge in [-0.05, 0) is 74.3 Å². The summed E-state index contributed by atoms with van der Waals surface area (Å²) in [7, 11) is -2.79. The zero-order chi connectivity index (χ0) is 32.5. The number of nitriles is 2. The molecule has 0 saturated heterocycles. The Labute approximate surface area is 280 Å². The van der Waals surface area contributed by atoms with Crippen molar-refractivity contribution < 1.29 is 0 Å². The van der Waals surface area contributed by atoms with E-state index in [1.54, 1.807) is 0 Å². The molecule has 0 unspecified atom stereocenters. The van der Waals surface area contributed by atoms with Crippen molar-refractivity contribution in [3.8, 4) is 29.0 Å². The molecule has 0 saturated carbocycles. The Morgan fingerprint density at radius 1 is 0.438 bits per heavy atom. The van der Waals surface area contributed by atoms with E-state index in [2.05, 4.69) is 156 Å². The molecule has 1 heterocycles. The molecule has 7 aromatic carbocycles. The number of hydrogen-bond acceptors (Lipinski definition) is 2. The Morgan fingerprint density at radius 3 is 1.67 bits per heavy atom. The van der Waals surface area contributed by atoms with Gasteiger partial charge in [-0.1, -0.05) is 133 Å². The van der Waals surface area contributed by atoms with Gasteiger partial charge >= 0.3 is 0 Å². The van der Waals surface area contributed by atoms with Gasteiger partial charge in [-0.15, -0.1) is 0 Å². The molecule has 0 aliphatic rings. The average Bonchev–Trinajstić information content (AvgIpc) is 3.50. The van der Waals surface area contributed by atoms with E-state index in [-0.39, 0.29) is 0 Å². The van der Waals surface area contributed by atoms with Crippen LogP contribution in [0.25, 0.3) is 38.6 Å². The molecule has 0 N–H and O–H groups in total. The van der Waals surface area contributed by atoms with Gasteiger partial charge < -0.3 is 4.57 Å². The van der Waals surface area contributed by atoms with Crippen LogP contribution in [-0.2, 0) is 0 Å². The van der Waals surface area contributed by atoms with Gasteiger partial charge in [0.05, 0.1) is 34.3 Å². The molecule has 8 rings (SSSR count). The van der Waals surface area contributed by atoms with Gasteiger partial charge in [0.2, 0.25) is 0 Å². The van der Waals surface area contributed by atoms with Crippen LogP contribution in [0.2, 0.25) is 0 Å². The molecule has 0 aliphatic heterocycles. The molecule has 0 radical (unpaired) electrons. The molecule has 4 heteroatoms. The van der Waals surface area contributed by atoms with Crippen LogP contribution >= 0.6 is 0 Å². The van der Waals surface area contributed by atoms with E-state index in [9.17, 15) is 10.5 Å². The van der Waals surface area contributed by atoms with Gasteiger partial charge in [0.15, 0.2) is 8.07 Å². The van der Waals surface area contributed by atoms with Crippen molar-refractivity contribution in [1.29, 1.82) is 10.5 Å². The number of fused-ring (bicyclic) bond motifs is 3. The quantitative estimate of drug-likeness (QED) is 0.141. The Balaban J connectivity index is 1.38. The molecule has 0 atom stereocenters. The van der Waals surface area contributed by atoms with Gasteiger partial charge in [-0.3, -0.25) is 0 Å². The van der Waals surface area contributed by atoms with Crippen molar-refractivity contribution in [2.75, 3.05) is 0 Å². The van der Waals surface area contributed by atoms with E-state index in [1.807, 2.05) is 36.4 Å². The zero-order valence-corrected chi connectivity index (χ0v) is 27.1. The first-order chi connectivity index (χ1) is 23.7. The molecule has 0 aliphatic carbocycles. The molecule has 8 aromatic rings. The van der Waals surface area contributed by atoms with Crippen molar-refractivity contribution in [3.05, 3.63) is 187 Å². The molecule has 0 amide bonds. The molecular weight excluding hydrogens is 599 g/mol. The summed E-state index contributed by atoms with van der Waals surface area (Å²) in [4.78, 5) is 0. The van der Waals surface area contributed by atoms with E-state index >= 15 is 0 Å². The summed E-state index contributed by atoms with van der Waals surface area (Å²) in [5.74, 6) is 0. The Kier molecular flexibility index (Phi) is 7.27. The van der Waals surface area contributed by atoms with Crippen LogP contribution in [0.15, 0.2) is 176 Å². The Morgan fingerprint density at radius 2 is 1.04 bits per heavy atom. The Bertz CT molecular complexity index is 2430. The minimum atomic E-state index is -2.79. The predicted molar refractivity (Wildman–Crippen MR) is 199 cm³/mol. The van der Waals surface area contributed by atoms with Crippen LogP contribution < -0.4 is 20.7 Å². The second-order valence-electron chi connectivity index (χ2n) is 12.0. The third-order valence-corrected chi connectivity index (χ3v) is 14.2. The Hall–Kier alpha value is -6.46. The van der Waals surface area contributed by atoms with E-state index in [0.717, 1.165) is 38.6 Å². The molecular formula is C44H29N3Si. The van der Waals surface area contributed by atoms with Crippen LogP contribution in [0.5, 0.6) is 0 Å². The van der Waals surface area contributed by atoms with Crippen molar-refractivity contribution in [3.63, 3.8) is 0 Å². The van der Waals surface area contributed by atoms with Crippen molar-refractivity contribution in [2.45, 2.75) is 0 Å². The van der Waals surface area contributed by atoms with E-state index < -0.39 is 8.07 Å². The highest BCUT2D eigenvalue weighted by Crippen LogP contribution is 2.34. The van der Waals surface area contributed by atoms with Gasteiger partial charge in [0.25, 0.3) is 0 Å². The summed E-state index contributed by atoms with van der Waals surface area (Å²) in [5.41, 5.74) is 6.25. The fourth-order valence-electron chi connectivity index (χ4n) is 7.31. The van der Waals surface area contributed by atoms with E-state index in [0.29, 0.717) is 11.1 Å². The SMILES string of the molecule is N#Cc1ccc2c(c1)c1ccccc1n2-c1cccc(-c2cc([Si](c3ccccc3)(c3ccccc3)c3ccccc3)ccc2C#N)c1. The first kappa shape index (κ1) is 29.0. The van der Waals surface area contributed by atoms with Crippen LogP contribution in [-0.4, -0.2) is 12.6 Å². The monoisotopic (exact) mass is 627 g/mol. The van der Waals surface area contributed by atoms with Crippen molar-refractivity contribution >= 4 is 50.6 Å². The zero-order valence-electron chi connectivity index (χ0n) is 26.1. The van der Waals surface area contributed by atoms with E-state index in [4.69, 9.17) is 0 Å². The van der Waals surface area contributed by atoms with Crippen LogP contribution in [0.1, 0.15) is 11.1 Å². The lowest BCUT2D eigenvalue weighted by molar-refractivity contribution is 1.18. The third kappa shape index (κ3) is 4.64. The molecule has 0 spiro atoms. The minimum absolute atomic E-state index is 0.633. The lowest BCUT2D eigenvalue weighted by atomic mass is 10.00. The van der Waals surface area contributed by atoms with Crippen molar-refractivity contribution in [1.82, 2.24) is 4.57 Å². The summed E-state index contributed by atoms with van der Waals surface area (Å²) in [6.45, 7) is 0. The molecule has 48 heavy (non-hydrogen) atoms. The fraction of sp³-hybridized carbons (Fsp3) is 0. The van der Waals surface area contributed by atoms with Gasteiger partial charge in [-0.2, -0.15) is 10.5 Å². The van der Waals surface area contributed by atoms with Crippen LogP contribution in [0, 0.1) is 22.7 Å². The van der Waals surface area contributed by atoms with Gasteiger partial charge in [-0.25, -0.2) is 0 Å². The average molecular weight is 628 g/mol. The standard InChI is InChI=1S/C44H29N3Si/c45-30-32-23-26-44-42(27-32)40-21-10-11-22-43(40)47(44)35-14-12-13-33(28-35)41-29-39(25-24-34(41)31-46)48(36-15-4-1-5-16-36,37-17-6-2-7-18-37)38-19-8-3-9-20-38/h1-29H. The lowest BCUT2D eigenvalue weighted by Crippen LogP contribution is -2.74. The lowest BCUT2D eigenvalue weighted by Gasteiger charge is -2.34. The second-order valence-corrected chi connectivity index (χ2v) is 15.8. The second kappa shape index (κ2) is 12.0. The van der Waals surface area contributed by atoms with E-state index in [1.165, 1.54) is 20.7 Å². The molecule has 0 bridgehead atoms. The summed E-state index contributed by atoms with van der Waals surface area (Å²) in [6.07, 6.45) is 0. The summed E-state index contributed by atoms with van der Waals surface area (Å²) in [5, 5.41) is 27.3. The predicted octanol–water partition coefficient (Wildman–Crippen LogP) is 7.57. The summed E-state index contributed by atoms with van der Waals surface area (Å²) in [6, 6.07) is 66.4. The third-order valence-electron chi connectivity index (χ3n) is 9.41. The number of hydrogen-bond donors (Lipinski definition) is 0. The van der Waals surface area contributed by atoms with Crippen LogP contribution in [0.3, 0.4) is 0 Å². The summed E-state index contributed by atoms with van der Waals surface area (Å²) < 4.78 is 2.25. The molecule has 224 valence electrons. The summed E-state index contributed by atoms with van der Waals surface area (Å²) >= 11 is 0. The number of aromatic nitrogens is 1. The highest BCUT2D eigenvalue weighted by atomic mass is 28.3. The maximum absolute atomic E-state index is 10.4.